The maximum absolute atomic E-state index is 5.64. The van der Waals surface area contributed by atoms with Crippen LogP contribution in [0.3, 0.4) is 0 Å². The van der Waals surface area contributed by atoms with Gasteiger partial charge in [-0.3, -0.25) is 4.90 Å². The highest BCUT2D eigenvalue weighted by atomic mass is 15.1. The van der Waals surface area contributed by atoms with Crippen LogP contribution in [0.15, 0.2) is 6.33 Å². The van der Waals surface area contributed by atoms with Gasteiger partial charge in [0.2, 0.25) is 5.95 Å². The zero-order valence-electron chi connectivity index (χ0n) is 9.73. The van der Waals surface area contributed by atoms with E-state index < -0.39 is 0 Å². The van der Waals surface area contributed by atoms with E-state index in [2.05, 4.69) is 38.7 Å². The number of aromatic amines is 1. The number of rotatable bonds is 3. The Hall–Kier alpha value is -1.69. The fourth-order valence-electron chi connectivity index (χ4n) is 1.45. The lowest BCUT2D eigenvalue weighted by molar-refractivity contribution is 0.263. The van der Waals surface area contributed by atoms with E-state index >= 15 is 0 Å². The van der Waals surface area contributed by atoms with Crippen LogP contribution < -0.4 is 5.73 Å². The van der Waals surface area contributed by atoms with Crippen LogP contribution in [-0.4, -0.2) is 37.9 Å². The first-order valence-electron chi connectivity index (χ1n) is 5.23. The number of nitrogens with zero attached hydrogens (tertiary/aromatic N) is 4. The van der Waals surface area contributed by atoms with Crippen molar-refractivity contribution in [1.29, 1.82) is 0 Å². The number of nitrogen functional groups attached to an aromatic ring is 1. The van der Waals surface area contributed by atoms with E-state index in [0.29, 0.717) is 11.7 Å². The molecule has 0 unspecified atom stereocenters. The van der Waals surface area contributed by atoms with Gasteiger partial charge in [-0.05, 0) is 20.9 Å². The maximum atomic E-state index is 5.64. The van der Waals surface area contributed by atoms with Crippen molar-refractivity contribution in [2.75, 3.05) is 12.8 Å². The van der Waals surface area contributed by atoms with E-state index in [1.807, 2.05) is 7.05 Å². The molecule has 0 aliphatic heterocycles. The summed E-state index contributed by atoms with van der Waals surface area (Å²) in [6, 6.07) is 0.453. The summed E-state index contributed by atoms with van der Waals surface area (Å²) in [6.07, 6.45) is 1.61. The molecule has 0 bridgehead atoms. The molecule has 0 fully saturated rings. The van der Waals surface area contributed by atoms with Gasteiger partial charge in [-0.15, -0.1) is 0 Å². The lowest BCUT2D eigenvalue weighted by Gasteiger charge is -2.20. The first-order chi connectivity index (χ1) is 7.58. The van der Waals surface area contributed by atoms with Crippen LogP contribution in [0.5, 0.6) is 0 Å². The largest absolute Gasteiger partial charge is 0.368 e. The van der Waals surface area contributed by atoms with Crippen LogP contribution in [0.1, 0.15) is 19.5 Å². The van der Waals surface area contributed by atoms with Crippen LogP contribution in [0, 0.1) is 0 Å². The molecular formula is C10H16N6. The fourth-order valence-corrected chi connectivity index (χ4v) is 1.45. The average Bonchev–Trinajstić information content (AvgIpc) is 2.65. The van der Waals surface area contributed by atoms with Crippen LogP contribution in [0.2, 0.25) is 0 Å². The Balaban J connectivity index is 2.39. The molecule has 2 rings (SSSR count). The number of anilines is 1. The number of H-pyrrole nitrogens is 1. The summed E-state index contributed by atoms with van der Waals surface area (Å²) >= 11 is 0. The van der Waals surface area contributed by atoms with E-state index in [9.17, 15) is 0 Å². The van der Waals surface area contributed by atoms with Gasteiger partial charge >= 0.3 is 0 Å². The highest BCUT2D eigenvalue weighted by Gasteiger charge is 2.12. The van der Waals surface area contributed by atoms with Gasteiger partial charge in [-0.25, -0.2) is 9.97 Å². The quantitative estimate of drug-likeness (QED) is 0.798. The van der Waals surface area contributed by atoms with Crippen molar-refractivity contribution < 1.29 is 0 Å². The summed E-state index contributed by atoms with van der Waals surface area (Å²) in [5.41, 5.74) is 8.01. The lowest BCUT2D eigenvalue weighted by Crippen LogP contribution is -2.26. The normalized spacial score (nSPS) is 11.8. The molecule has 0 spiro atoms. The number of nitrogens with two attached hydrogens (primary N) is 1. The fraction of sp³-hybridized carbons (Fsp3) is 0.500. The molecule has 0 radical (unpaired) electrons. The van der Waals surface area contributed by atoms with Gasteiger partial charge in [0.15, 0.2) is 5.65 Å². The van der Waals surface area contributed by atoms with Crippen molar-refractivity contribution in [1.82, 2.24) is 24.8 Å². The number of hydrogen-bond donors (Lipinski definition) is 2. The van der Waals surface area contributed by atoms with E-state index in [-0.39, 0.29) is 5.95 Å². The average molecular weight is 220 g/mol. The zero-order valence-corrected chi connectivity index (χ0v) is 9.73. The Bertz CT molecular complexity index is 489. The Morgan fingerprint density at radius 2 is 2.19 bits per heavy atom. The number of nitrogens with one attached hydrogen (secondary N) is 1. The third-order valence-corrected chi connectivity index (χ3v) is 2.66. The number of imidazole rings is 1. The molecule has 3 N–H and O–H groups in total. The van der Waals surface area contributed by atoms with Gasteiger partial charge in [0.1, 0.15) is 5.52 Å². The predicted octanol–water partition coefficient (Wildman–Crippen LogP) is 0.775. The molecule has 0 amide bonds. The minimum Gasteiger partial charge on any atom is -0.368 e. The molecule has 0 saturated heterocycles. The topological polar surface area (TPSA) is 83.7 Å². The van der Waals surface area contributed by atoms with Crippen molar-refractivity contribution >= 4 is 17.1 Å². The first-order valence-corrected chi connectivity index (χ1v) is 5.23. The van der Waals surface area contributed by atoms with Gasteiger partial charge < -0.3 is 10.7 Å². The minimum atomic E-state index is 0.270. The first kappa shape index (κ1) is 10.8. The van der Waals surface area contributed by atoms with Crippen molar-refractivity contribution in [2.45, 2.75) is 26.4 Å². The summed E-state index contributed by atoms with van der Waals surface area (Å²) in [5, 5.41) is 0. The third-order valence-electron chi connectivity index (χ3n) is 2.66. The van der Waals surface area contributed by atoms with Gasteiger partial charge in [0.25, 0.3) is 0 Å². The smallest absolute Gasteiger partial charge is 0.222 e. The summed E-state index contributed by atoms with van der Waals surface area (Å²) in [5.74, 6) is 0.270. The summed E-state index contributed by atoms with van der Waals surface area (Å²) in [7, 11) is 2.05. The predicted molar refractivity (Wildman–Crippen MR) is 62.7 cm³/mol. The summed E-state index contributed by atoms with van der Waals surface area (Å²) in [4.78, 5) is 17.6. The standard InChI is InChI=1S/C10H16N6/c1-6(2)16(3)4-7-8-9(13-5-12-8)15-10(11)14-7/h5-6H,4H2,1-3H3,(H3,11,12,13,14,15). The second kappa shape index (κ2) is 4.05. The van der Waals surface area contributed by atoms with Gasteiger partial charge in [-0.1, -0.05) is 0 Å². The Kier molecular flexibility index (Phi) is 2.74. The molecule has 0 atom stereocenters. The molecule has 2 aromatic heterocycles. The molecule has 6 nitrogen and oxygen atoms in total. The van der Waals surface area contributed by atoms with E-state index in [0.717, 1.165) is 17.8 Å². The molecule has 6 heteroatoms. The second-order valence-electron chi connectivity index (χ2n) is 4.14. The minimum absolute atomic E-state index is 0.270. The maximum Gasteiger partial charge on any atom is 0.222 e. The SMILES string of the molecule is CC(C)N(C)Cc1nc(N)nc2nc[nH]c12. The van der Waals surface area contributed by atoms with Crippen molar-refractivity contribution in [3.8, 4) is 0 Å². The number of aromatic nitrogens is 4. The molecule has 0 aromatic carbocycles. The molecule has 0 aliphatic carbocycles. The molecule has 2 heterocycles. The Labute approximate surface area is 93.9 Å². The van der Waals surface area contributed by atoms with E-state index in [1.54, 1.807) is 6.33 Å². The van der Waals surface area contributed by atoms with Crippen molar-refractivity contribution in [3.63, 3.8) is 0 Å². The number of hydrogen-bond acceptors (Lipinski definition) is 5. The van der Waals surface area contributed by atoms with Crippen LogP contribution in [0.25, 0.3) is 11.2 Å². The van der Waals surface area contributed by atoms with Crippen LogP contribution in [-0.2, 0) is 6.54 Å². The third kappa shape index (κ3) is 1.96. The van der Waals surface area contributed by atoms with Crippen LogP contribution in [0.4, 0.5) is 5.95 Å². The van der Waals surface area contributed by atoms with Crippen molar-refractivity contribution in [2.24, 2.45) is 0 Å². The van der Waals surface area contributed by atoms with Gasteiger partial charge in [-0.2, -0.15) is 4.98 Å². The van der Waals surface area contributed by atoms with Crippen LogP contribution >= 0.6 is 0 Å². The summed E-state index contributed by atoms with van der Waals surface area (Å²) in [6.45, 7) is 4.99. The second-order valence-corrected chi connectivity index (χ2v) is 4.14. The Morgan fingerprint density at radius 1 is 1.44 bits per heavy atom. The van der Waals surface area contributed by atoms with Gasteiger partial charge in [0, 0.05) is 12.6 Å². The van der Waals surface area contributed by atoms with Crippen molar-refractivity contribution in [3.05, 3.63) is 12.0 Å². The summed E-state index contributed by atoms with van der Waals surface area (Å²) < 4.78 is 0. The Morgan fingerprint density at radius 3 is 2.88 bits per heavy atom. The monoisotopic (exact) mass is 220 g/mol. The molecule has 86 valence electrons. The molecule has 16 heavy (non-hydrogen) atoms. The molecular weight excluding hydrogens is 204 g/mol. The van der Waals surface area contributed by atoms with E-state index in [4.69, 9.17) is 5.73 Å². The highest BCUT2D eigenvalue weighted by Crippen LogP contribution is 2.14. The molecule has 2 aromatic rings. The molecule has 0 aliphatic rings. The highest BCUT2D eigenvalue weighted by molar-refractivity contribution is 5.73. The van der Waals surface area contributed by atoms with Gasteiger partial charge in [0.05, 0.1) is 12.0 Å². The van der Waals surface area contributed by atoms with E-state index in [1.165, 1.54) is 0 Å². The molecule has 0 saturated carbocycles. The number of fused-ring (bicyclic) bond motifs is 1. The zero-order chi connectivity index (χ0) is 11.7. The lowest BCUT2D eigenvalue weighted by atomic mass is 10.3.